The highest BCUT2D eigenvalue weighted by molar-refractivity contribution is 6.32. The number of nitrogens with one attached hydrogen (secondary N) is 1. The van der Waals surface area contributed by atoms with Gasteiger partial charge in [-0.1, -0.05) is 17.7 Å². The number of hydrogen-bond acceptors (Lipinski definition) is 5. The predicted molar refractivity (Wildman–Crippen MR) is 109 cm³/mol. The summed E-state index contributed by atoms with van der Waals surface area (Å²) in [7, 11) is 0. The summed E-state index contributed by atoms with van der Waals surface area (Å²) in [6.45, 7) is 1.65. The Morgan fingerprint density at radius 3 is 2.86 bits per heavy atom. The van der Waals surface area contributed by atoms with Gasteiger partial charge in [-0.15, -0.1) is 0 Å². The van der Waals surface area contributed by atoms with Crippen LogP contribution in [-0.4, -0.2) is 24.8 Å². The molecular weight excluding hydrogens is 394 g/mol. The number of anilines is 1. The summed E-state index contributed by atoms with van der Waals surface area (Å²) >= 11 is 6.12. The van der Waals surface area contributed by atoms with Crippen LogP contribution in [0.5, 0.6) is 11.5 Å². The smallest absolute Gasteiger partial charge is 0.331 e. The van der Waals surface area contributed by atoms with E-state index >= 15 is 0 Å². The Hall–Kier alpha value is -2.99. The summed E-state index contributed by atoms with van der Waals surface area (Å²) in [5, 5.41) is 3.20. The van der Waals surface area contributed by atoms with Gasteiger partial charge in [0.25, 0.3) is 5.91 Å². The molecule has 1 heterocycles. The maximum atomic E-state index is 12.3. The van der Waals surface area contributed by atoms with E-state index in [4.69, 9.17) is 25.8 Å². The number of fused-ring (bicyclic) bond motifs is 2. The van der Waals surface area contributed by atoms with Crippen molar-refractivity contribution >= 4 is 35.2 Å². The average Bonchev–Trinajstić information content (AvgIpc) is 3.35. The lowest BCUT2D eigenvalue weighted by Crippen LogP contribution is -2.29. The molecule has 7 heteroatoms. The molecule has 0 fully saturated rings. The fraction of sp³-hybridized carbons (Fsp3) is 0.273. The number of aryl methyl sites for hydroxylation is 2. The van der Waals surface area contributed by atoms with Crippen molar-refractivity contribution < 1.29 is 23.8 Å². The fourth-order valence-electron chi connectivity index (χ4n) is 3.41. The Morgan fingerprint density at radius 2 is 2.00 bits per heavy atom. The van der Waals surface area contributed by atoms with Gasteiger partial charge in [0.15, 0.2) is 17.6 Å². The minimum absolute atomic E-state index is 0.112. The molecule has 2 aromatic carbocycles. The molecule has 0 unspecified atom stereocenters. The van der Waals surface area contributed by atoms with E-state index in [1.165, 1.54) is 24.1 Å². The normalized spacial score (nSPS) is 15.2. The van der Waals surface area contributed by atoms with Crippen molar-refractivity contribution in [3.8, 4) is 11.5 Å². The molecule has 2 aliphatic rings. The van der Waals surface area contributed by atoms with Crippen LogP contribution in [0, 0.1) is 0 Å². The van der Waals surface area contributed by atoms with E-state index in [9.17, 15) is 9.59 Å². The number of halogens is 1. The minimum Gasteiger partial charge on any atom is -0.454 e. The second kappa shape index (κ2) is 8.17. The number of rotatable bonds is 5. The van der Waals surface area contributed by atoms with Crippen molar-refractivity contribution in [3.05, 3.63) is 58.1 Å². The van der Waals surface area contributed by atoms with Gasteiger partial charge in [-0.3, -0.25) is 4.79 Å². The number of ether oxygens (including phenoxy) is 3. The molecule has 1 atom stereocenters. The van der Waals surface area contributed by atoms with Gasteiger partial charge in [0.1, 0.15) is 0 Å². The van der Waals surface area contributed by atoms with E-state index in [1.807, 2.05) is 18.2 Å². The van der Waals surface area contributed by atoms with Crippen LogP contribution in [0.15, 0.2) is 36.4 Å². The van der Waals surface area contributed by atoms with Gasteiger partial charge >= 0.3 is 5.97 Å². The zero-order valence-electron chi connectivity index (χ0n) is 15.9. The summed E-state index contributed by atoms with van der Waals surface area (Å²) in [4.78, 5) is 24.4. The summed E-state index contributed by atoms with van der Waals surface area (Å²) < 4.78 is 15.7. The van der Waals surface area contributed by atoms with Crippen molar-refractivity contribution in [1.29, 1.82) is 0 Å². The van der Waals surface area contributed by atoms with Crippen LogP contribution >= 0.6 is 11.6 Å². The van der Waals surface area contributed by atoms with Gasteiger partial charge < -0.3 is 19.5 Å². The molecule has 6 nitrogen and oxygen atoms in total. The fourth-order valence-corrected chi connectivity index (χ4v) is 3.68. The topological polar surface area (TPSA) is 73.9 Å². The molecule has 1 amide bonds. The quantitative estimate of drug-likeness (QED) is 0.589. The summed E-state index contributed by atoms with van der Waals surface area (Å²) in [6.07, 6.45) is 5.10. The monoisotopic (exact) mass is 413 g/mol. The molecule has 29 heavy (non-hydrogen) atoms. The van der Waals surface area contributed by atoms with Gasteiger partial charge in [-0.05, 0) is 73.2 Å². The van der Waals surface area contributed by atoms with E-state index in [0.29, 0.717) is 27.8 Å². The molecule has 0 saturated heterocycles. The van der Waals surface area contributed by atoms with E-state index in [0.717, 1.165) is 19.3 Å². The van der Waals surface area contributed by atoms with Crippen molar-refractivity contribution in [2.45, 2.75) is 32.3 Å². The molecular formula is C22H20ClNO5. The zero-order valence-corrected chi connectivity index (χ0v) is 16.6. The van der Waals surface area contributed by atoms with Crippen LogP contribution in [-0.2, 0) is 27.2 Å². The van der Waals surface area contributed by atoms with Gasteiger partial charge in [0.05, 0.1) is 5.02 Å². The zero-order chi connectivity index (χ0) is 20.4. The second-order valence-electron chi connectivity index (χ2n) is 6.98. The lowest BCUT2D eigenvalue weighted by atomic mass is 10.1. The van der Waals surface area contributed by atoms with Gasteiger partial charge in [-0.25, -0.2) is 4.79 Å². The molecule has 0 radical (unpaired) electrons. The molecule has 0 aromatic heterocycles. The molecule has 1 aliphatic carbocycles. The van der Waals surface area contributed by atoms with E-state index in [-0.39, 0.29) is 12.7 Å². The first-order valence-electron chi connectivity index (χ1n) is 9.40. The Morgan fingerprint density at radius 1 is 1.17 bits per heavy atom. The average molecular weight is 414 g/mol. The number of hydrogen-bond donors (Lipinski definition) is 1. The number of amides is 1. The minimum atomic E-state index is -0.930. The van der Waals surface area contributed by atoms with Crippen molar-refractivity contribution in [1.82, 2.24) is 0 Å². The number of benzene rings is 2. The summed E-state index contributed by atoms with van der Waals surface area (Å²) in [6, 6.07) is 9.26. The lowest BCUT2D eigenvalue weighted by molar-refractivity contribution is -0.148. The molecule has 1 aliphatic heterocycles. The van der Waals surface area contributed by atoms with Crippen LogP contribution in [0.1, 0.15) is 30.0 Å². The molecule has 150 valence electrons. The third-order valence-electron chi connectivity index (χ3n) is 4.89. The van der Waals surface area contributed by atoms with Crippen LogP contribution in [0.4, 0.5) is 5.69 Å². The van der Waals surface area contributed by atoms with Crippen LogP contribution < -0.4 is 14.8 Å². The molecule has 0 saturated carbocycles. The van der Waals surface area contributed by atoms with Crippen molar-refractivity contribution in [2.75, 3.05) is 12.1 Å². The summed E-state index contributed by atoms with van der Waals surface area (Å²) in [5.41, 5.74) is 3.96. The highest BCUT2D eigenvalue weighted by Gasteiger charge is 2.19. The third-order valence-corrected chi connectivity index (χ3v) is 5.17. The number of esters is 1. The molecule has 4 rings (SSSR count). The number of carbonyl (C=O) groups is 2. The Labute approximate surface area is 173 Å². The second-order valence-corrected chi connectivity index (χ2v) is 7.38. The highest BCUT2D eigenvalue weighted by atomic mass is 35.5. The maximum Gasteiger partial charge on any atom is 0.331 e. The highest BCUT2D eigenvalue weighted by Crippen LogP contribution is 2.40. The molecule has 0 bridgehead atoms. The van der Waals surface area contributed by atoms with Crippen LogP contribution in [0.2, 0.25) is 5.02 Å². The molecule has 1 N–H and O–H groups in total. The Balaban J connectivity index is 1.33. The molecule has 2 aromatic rings. The van der Waals surface area contributed by atoms with Crippen molar-refractivity contribution in [2.24, 2.45) is 0 Å². The third kappa shape index (κ3) is 4.38. The van der Waals surface area contributed by atoms with E-state index in [1.54, 1.807) is 18.2 Å². The Kier molecular flexibility index (Phi) is 5.45. The standard InChI is InChI=1S/C22H20ClNO5/c1-13(22(26)24-17-7-6-15-3-2-4-16(15)11-17)29-20(25)8-5-14-9-18(23)21-19(10-14)27-12-28-21/h5-11,13H,2-4,12H2,1H3,(H,24,26)/b8-5+/t13-/m0/s1. The van der Waals surface area contributed by atoms with Crippen molar-refractivity contribution in [3.63, 3.8) is 0 Å². The first-order chi connectivity index (χ1) is 14.0. The Bertz CT molecular complexity index is 1000. The first kappa shape index (κ1) is 19.3. The van der Waals surface area contributed by atoms with Crippen LogP contribution in [0.3, 0.4) is 0 Å². The predicted octanol–water partition coefficient (Wildman–Crippen LogP) is 4.14. The molecule has 0 spiro atoms. The first-order valence-corrected chi connectivity index (χ1v) is 9.78. The van der Waals surface area contributed by atoms with Gasteiger partial charge in [0, 0.05) is 11.8 Å². The maximum absolute atomic E-state index is 12.3. The van der Waals surface area contributed by atoms with Gasteiger partial charge in [-0.2, -0.15) is 0 Å². The van der Waals surface area contributed by atoms with Crippen LogP contribution in [0.25, 0.3) is 6.08 Å². The van der Waals surface area contributed by atoms with E-state index in [2.05, 4.69) is 5.32 Å². The largest absolute Gasteiger partial charge is 0.454 e. The number of carbonyl (C=O) groups excluding carboxylic acids is 2. The van der Waals surface area contributed by atoms with Gasteiger partial charge in [0.2, 0.25) is 6.79 Å². The van der Waals surface area contributed by atoms with E-state index < -0.39 is 12.1 Å². The summed E-state index contributed by atoms with van der Waals surface area (Å²) in [5.74, 6) is 0.00191. The lowest BCUT2D eigenvalue weighted by Gasteiger charge is -2.13. The SMILES string of the molecule is C[C@H](OC(=O)/C=C/c1cc(Cl)c2c(c1)OCO2)C(=O)Nc1ccc2c(c1)CCC2.